The quantitative estimate of drug-likeness (QED) is 0.705. The number of ether oxygens (including phenoxy) is 1. The lowest BCUT2D eigenvalue weighted by molar-refractivity contribution is -0.123. The van der Waals surface area contributed by atoms with Crippen molar-refractivity contribution in [2.24, 2.45) is 5.92 Å². The molecule has 2 fully saturated rings. The van der Waals surface area contributed by atoms with Gasteiger partial charge in [-0.2, -0.15) is 0 Å². The first-order chi connectivity index (χ1) is 15.5. The van der Waals surface area contributed by atoms with Crippen molar-refractivity contribution >= 4 is 29.1 Å². The smallest absolute Gasteiger partial charge is 0.253 e. The third-order valence-electron chi connectivity index (χ3n) is 6.54. The second-order valence-corrected chi connectivity index (χ2v) is 8.98. The lowest BCUT2D eigenvalue weighted by atomic mass is 9.94. The average molecular weight is 456 g/mol. The van der Waals surface area contributed by atoms with E-state index < -0.39 is 0 Å². The molecular formula is C25H30ClN3O3. The van der Waals surface area contributed by atoms with Crippen molar-refractivity contribution in [2.45, 2.75) is 31.7 Å². The van der Waals surface area contributed by atoms with E-state index >= 15 is 0 Å². The summed E-state index contributed by atoms with van der Waals surface area (Å²) in [5.41, 5.74) is 1.39. The number of halogens is 1. The predicted octanol–water partition coefficient (Wildman–Crippen LogP) is 4.30. The molecule has 0 bridgehead atoms. The van der Waals surface area contributed by atoms with Crippen molar-refractivity contribution in [3.63, 3.8) is 0 Å². The van der Waals surface area contributed by atoms with Crippen molar-refractivity contribution in [1.82, 2.24) is 9.80 Å². The fourth-order valence-electron chi connectivity index (χ4n) is 4.85. The molecule has 1 aliphatic carbocycles. The van der Waals surface area contributed by atoms with Crippen molar-refractivity contribution in [2.75, 3.05) is 38.6 Å². The van der Waals surface area contributed by atoms with E-state index in [0.29, 0.717) is 42.7 Å². The zero-order valence-electron chi connectivity index (χ0n) is 18.4. The SMILES string of the molecule is COc1cccc(NC(=O)C(C2CCCC2)N2CCN(C(=O)c3ccc(Cl)cc3)CC2)c1. The normalized spacial score (nSPS) is 18.4. The molecule has 4 rings (SSSR count). The summed E-state index contributed by atoms with van der Waals surface area (Å²) in [6.45, 7) is 2.59. The van der Waals surface area contributed by atoms with Gasteiger partial charge in [0.05, 0.1) is 13.2 Å². The first kappa shape index (κ1) is 22.6. The lowest BCUT2D eigenvalue weighted by Crippen LogP contribution is -2.56. The van der Waals surface area contributed by atoms with Crippen molar-refractivity contribution in [3.05, 3.63) is 59.1 Å². The molecule has 1 saturated carbocycles. The fraction of sp³-hybridized carbons (Fsp3) is 0.440. The van der Waals surface area contributed by atoms with Crippen molar-refractivity contribution in [3.8, 4) is 5.75 Å². The Balaban J connectivity index is 1.43. The molecule has 0 aromatic heterocycles. The summed E-state index contributed by atoms with van der Waals surface area (Å²) in [4.78, 5) is 30.4. The maximum absolute atomic E-state index is 13.4. The highest BCUT2D eigenvalue weighted by Crippen LogP contribution is 2.32. The Morgan fingerprint density at radius 3 is 2.38 bits per heavy atom. The molecule has 7 heteroatoms. The maximum atomic E-state index is 13.4. The van der Waals surface area contributed by atoms with Gasteiger partial charge in [-0.15, -0.1) is 0 Å². The van der Waals surface area contributed by atoms with Crippen LogP contribution in [0.25, 0.3) is 0 Å². The Kier molecular flexibility index (Phi) is 7.33. The van der Waals surface area contributed by atoms with Crippen LogP contribution in [0.2, 0.25) is 5.02 Å². The van der Waals surface area contributed by atoms with Crippen LogP contribution >= 0.6 is 11.6 Å². The number of piperazine rings is 1. The monoisotopic (exact) mass is 455 g/mol. The summed E-state index contributed by atoms with van der Waals surface area (Å²) in [7, 11) is 1.62. The van der Waals surface area contributed by atoms with Gasteiger partial charge in [0.2, 0.25) is 5.91 Å². The number of nitrogens with one attached hydrogen (secondary N) is 1. The van der Waals surface area contributed by atoms with Gasteiger partial charge in [0.25, 0.3) is 5.91 Å². The summed E-state index contributed by atoms with van der Waals surface area (Å²) in [6.07, 6.45) is 4.48. The number of hydrogen-bond donors (Lipinski definition) is 1. The van der Waals surface area contributed by atoms with Gasteiger partial charge in [-0.3, -0.25) is 14.5 Å². The highest BCUT2D eigenvalue weighted by atomic mass is 35.5. The molecule has 1 saturated heterocycles. The Labute approximate surface area is 194 Å². The van der Waals surface area contributed by atoms with E-state index in [4.69, 9.17) is 16.3 Å². The van der Waals surface area contributed by atoms with Crippen LogP contribution in [-0.4, -0.2) is 60.9 Å². The molecule has 1 unspecified atom stereocenters. The minimum absolute atomic E-state index is 0.0135. The number of hydrogen-bond acceptors (Lipinski definition) is 4. The van der Waals surface area contributed by atoms with Crippen LogP contribution < -0.4 is 10.1 Å². The van der Waals surface area contributed by atoms with Gasteiger partial charge in [0.1, 0.15) is 5.75 Å². The molecule has 0 radical (unpaired) electrons. The van der Waals surface area contributed by atoms with Crippen LogP contribution in [0.1, 0.15) is 36.0 Å². The number of benzene rings is 2. The van der Waals surface area contributed by atoms with E-state index in [-0.39, 0.29) is 17.9 Å². The van der Waals surface area contributed by atoms with Crippen LogP contribution in [-0.2, 0) is 4.79 Å². The van der Waals surface area contributed by atoms with Crippen molar-refractivity contribution in [1.29, 1.82) is 0 Å². The Bertz CT molecular complexity index is 936. The van der Waals surface area contributed by atoms with Gasteiger partial charge in [-0.25, -0.2) is 0 Å². The molecule has 1 aliphatic heterocycles. The zero-order chi connectivity index (χ0) is 22.5. The molecule has 2 aromatic carbocycles. The molecule has 1 N–H and O–H groups in total. The minimum Gasteiger partial charge on any atom is -0.497 e. The molecule has 2 amide bonds. The number of amides is 2. The summed E-state index contributed by atoms with van der Waals surface area (Å²) in [5.74, 6) is 1.11. The van der Waals surface area contributed by atoms with Crippen LogP contribution in [0.15, 0.2) is 48.5 Å². The van der Waals surface area contributed by atoms with Gasteiger partial charge in [-0.05, 0) is 55.2 Å². The average Bonchev–Trinajstić information content (AvgIpc) is 3.34. The number of methoxy groups -OCH3 is 1. The molecule has 1 heterocycles. The molecule has 2 aromatic rings. The van der Waals surface area contributed by atoms with Crippen LogP contribution in [0.4, 0.5) is 5.69 Å². The standard InChI is InChI=1S/C25H30ClN3O3/c1-32-22-8-4-7-21(17-22)27-24(30)23(18-5-2-3-6-18)28-13-15-29(16-14-28)25(31)19-9-11-20(26)12-10-19/h4,7-12,17-18,23H,2-3,5-6,13-16H2,1H3,(H,27,30). The first-order valence-electron chi connectivity index (χ1n) is 11.3. The van der Waals surface area contributed by atoms with Crippen LogP contribution in [0.5, 0.6) is 5.75 Å². The summed E-state index contributed by atoms with van der Waals surface area (Å²) in [5, 5.41) is 3.72. The van der Waals surface area contributed by atoms with Crippen LogP contribution in [0.3, 0.4) is 0 Å². The second-order valence-electron chi connectivity index (χ2n) is 8.55. The second kappa shape index (κ2) is 10.4. The summed E-state index contributed by atoms with van der Waals surface area (Å²) < 4.78 is 5.28. The summed E-state index contributed by atoms with van der Waals surface area (Å²) >= 11 is 5.95. The minimum atomic E-state index is -0.184. The van der Waals surface area contributed by atoms with Crippen molar-refractivity contribution < 1.29 is 14.3 Å². The molecule has 0 spiro atoms. The number of nitrogens with zero attached hydrogens (tertiary/aromatic N) is 2. The van der Waals surface area contributed by atoms with Gasteiger partial charge >= 0.3 is 0 Å². The van der Waals surface area contributed by atoms with Gasteiger partial charge in [-0.1, -0.05) is 30.5 Å². The highest BCUT2D eigenvalue weighted by molar-refractivity contribution is 6.30. The molecule has 1 atom stereocenters. The molecule has 170 valence electrons. The largest absolute Gasteiger partial charge is 0.497 e. The van der Waals surface area contributed by atoms with E-state index in [0.717, 1.165) is 24.3 Å². The lowest BCUT2D eigenvalue weighted by Gasteiger charge is -2.40. The number of carbonyl (C=O) groups is 2. The fourth-order valence-corrected chi connectivity index (χ4v) is 4.97. The number of anilines is 1. The van der Waals surface area contributed by atoms with E-state index in [9.17, 15) is 9.59 Å². The van der Waals surface area contributed by atoms with Gasteiger partial charge in [0, 0.05) is 48.5 Å². The third-order valence-corrected chi connectivity index (χ3v) is 6.79. The third kappa shape index (κ3) is 5.25. The molecule has 6 nitrogen and oxygen atoms in total. The Morgan fingerprint density at radius 2 is 1.72 bits per heavy atom. The van der Waals surface area contributed by atoms with E-state index in [1.54, 1.807) is 31.4 Å². The van der Waals surface area contributed by atoms with Gasteiger partial charge < -0.3 is 15.0 Å². The van der Waals surface area contributed by atoms with Gasteiger partial charge in [0.15, 0.2) is 0 Å². The summed E-state index contributed by atoms with van der Waals surface area (Å²) in [6, 6.07) is 14.3. The first-order valence-corrected chi connectivity index (χ1v) is 11.7. The number of rotatable bonds is 6. The van der Waals surface area contributed by atoms with E-state index in [1.165, 1.54) is 12.8 Å². The van der Waals surface area contributed by atoms with E-state index in [1.807, 2.05) is 29.2 Å². The molecule has 2 aliphatic rings. The topological polar surface area (TPSA) is 61.9 Å². The highest BCUT2D eigenvalue weighted by Gasteiger charge is 2.37. The number of carbonyl (C=O) groups excluding carboxylic acids is 2. The molecular weight excluding hydrogens is 426 g/mol. The predicted molar refractivity (Wildman–Crippen MR) is 126 cm³/mol. The zero-order valence-corrected chi connectivity index (χ0v) is 19.2. The Morgan fingerprint density at radius 1 is 1.03 bits per heavy atom. The van der Waals surface area contributed by atoms with E-state index in [2.05, 4.69) is 10.2 Å². The Hall–Kier alpha value is -2.57. The van der Waals surface area contributed by atoms with Crippen LogP contribution in [0, 0.1) is 5.92 Å². The maximum Gasteiger partial charge on any atom is 0.253 e. The molecule has 32 heavy (non-hydrogen) atoms.